The molecule has 7 heteroatoms. The monoisotopic (exact) mass is 383 g/mol. The van der Waals surface area contributed by atoms with Gasteiger partial charge in [0.15, 0.2) is 0 Å². The largest absolute Gasteiger partial charge is 0.495 e. The summed E-state index contributed by atoms with van der Waals surface area (Å²) in [7, 11) is -2.49. The lowest BCUT2D eigenvalue weighted by Gasteiger charge is -2.36. The SMILES string of the molecule is COc1ccc(F)cc1S(=O)(=O)NCC1(c2cccs2)CCCCC1. The number of sulfonamides is 1. The Balaban J connectivity index is 1.87. The molecule has 4 nitrogen and oxygen atoms in total. The lowest BCUT2D eigenvalue weighted by atomic mass is 9.73. The highest BCUT2D eigenvalue weighted by Crippen LogP contribution is 2.41. The number of thiophene rings is 1. The zero-order chi connectivity index (χ0) is 17.9. The minimum atomic E-state index is -3.86. The molecule has 0 spiro atoms. The predicted octanol–water partition coefficient (Wildman–Crippen LogP) is 4.08. The molecule has 1 saturated carbocycles. The second kappa shape index (κ2) is 7.43. The third-order valence-electron chi connectivity index (χ3n) is 4.87. The zero-order valence-corrected chi connectivity index (χ0v) is 15.8. The highest BCUT2D eigenvalue weighted by atomic mass is 32.2. The molecule has 1 aliphatic carbocycles. The molecule has 0 radical (unpaired) electrons. The molecule has 0 unspecified atom stereocenters. The van der Waals surface area contributed by atoms with Crippen molar-refractivity contribution >= 4 is 21.4 Å². The Morgan fingerprint density at radius 1 is 1.24 bits per heavy atom. The Labute approximate surface area is 152 Å². The second-order valence-corrected chi connectivity index (χ2v) is 9.12. The van der Waals surface area contributed by atoms with Crippen LogP contribution in [0.4, 0.5) is 4.39 Å². The van der Waals surface area contributed by atoms with Crippen molar-refractivity contribution in [3.05, 3.63) is 46.4 Å². The Hall–Kier alpha value is -1.44. The van der Waals surface area contributed by atoms with Gasteiger partial charge in [0.05, 0.1) is 7.11 Å². The first-order chi connectivity index (χ1) is 12.0. The van der Waals surface area contributed by atoms with Gasteiger partial charge in [0.1, 0.15) is 16.5 Å². The van der Waals surface area contributed by atoms with Crippen molar-refractivity contribution in [3.8, 4) is 5.75 Å². The van der Waals surface area contributed by atoms with Gasteiger partial charge in [-0.15, -0.1) is 11.3 Å². The summed E-state index contributed by atoms with van der Waals surface area (Å²) in [4.78, 5) is 1.05. The van der Waals surface area contributed by atoms with Crippen LogP contribution in [0.1, 0.15) is 37.0 Å². The third kappa shape index (κ3) is 3.88. The number of benzene rings is 1. The number of hydrogen-bond acceptors (Lipinski definition) is 4. The first-order valence-corrected chi connectivity index (χ1v) is 10.7. The number of nitrogens with one attached hydrogen (secondary N) is 1. The van der Waals surface area contributed by atoms with Gasteiger partial charge in [0, 0.05) is 16.8 Å². The van der Waals surface area contributed by atoms with Crippen molar-refractivity contribution in [1.29, 1.82) is 0 Å². The zero-order valence-electron chi connectivity index (χ0n) is 14.1. The molecule has 1 fully saturated rings. The summed E-state index contributed by atoms with van der Waals surface area (Å²) in [6.07, 6.45) is 5.26. The van der Waals surface area contributed by atoms with E-state index >= 15 is 0 Å². The van der Waals surface area contributed by atoms with E-state index in [1.54, 1.807) is 11.3 Å². The van der Waals surface area contributed by atoms with Crippen molar-refractivity contribution in [3.63, 3.8) is 0 Å². The fourth-order valence-corrected chi connectivity index (χ4v) is 5.78. The molecule has 1 N–H and O–H groups in total. The number of hydrogen-bond donors (Lipinski definition) is 1. The molecule has 1 aromatic carbocycles. The van der Waals surface area contributed by atoms with Crippen LogP contribution in [0.15, 0.2) is 40.6 Å². The summed E-state index contributed by atoms with van der Waals surface area (Å²) in [5.41, 5.74) is -0.181. The van der Waals surface area contributed by atoms with Gasteiger partial charge in [-0.3, -0.25) is 0 Å². The molecule has 0 atom stereocenters. The van der Waals surface area contributed by atoms with Crippen LogP contribution in [0.5, 0.6) is 5.75 Å². The molecule has 25 heavy (non-hydrogen) atoms. The van der Waals surface area contributed by atoms with E-state index in [1.807, 2.05) is 11.4 Å². The fourth-order valence-electron chi connectivity index (χ4n) is 3.49. The molecule has 3 rings (SSSR count). The maximum absolute atomic E-state index is 13.6. The van der Waals surface area contributed by atoms with Crippen LogP contribution < -0.4 is 9.46 Å². The number of ether oxygens (including phenoxy) is 1. The number of rotatable bonds is 6. The first-order valence-electron chi connectivity index (χ1n) is 8.34. The molecule has 1 aliphatic rings. The summed E-state index contributed by atoms with van der Waals surface area (Å²) >= 11 is 1.67. The summed E-state index contributed by atoms with van der Waals surface area (Å²) in [6, 6.07) is 7.60. The third-order valence-corrected chi connectivity index (χ3v) is 7.41. The van der Waals surface area contributed by atoms with Gasteiger partial charge >= 0.3 is 0 Å². The highest BCUT2D eigenvalue weighted by Gasteiger charge is 2.36. The van der Waals surface area contributed by atoms with Gasteiger partial charge < -0.3 is 4.74 Å². The molecule has 136 valence electrons. The van der Waals surface area contributed by atoms with E-state index in [9.17, 15) is 12.8 Å². The van der Waals surface area contributed by atoms with E-state index in [0.717, 1.165) is 31.7 Å². The summed E-state index contributed by atoms with van der Waals surface area (Å²) < 4.78 is 46.9. The number of methoxy groups -OCH3 is 1. The second-order valence-electron chi connectivity index (χ2n) is 6.44. The van der Waals surface area contributed by atoms with Crippen LogP contribution in [-0.2, 0) is 15.4 Å². The Morgan fingerprint density at radius 2 is 2.00 bits per heavy atom. The van der Waals surface area contributed by atoms with Gasteiger partial charge in [0.25, 0.3) is 0 Å². The Morgan fingerprint density at radius 3 is 2.64 bits per heavy atom. The van der Waals surface area contributed by atoms with Gasteiger partial charge in [-0.1, -0.05) is 25.3 Å². The minimum Gasteiger partial charge on any atom is -0.495 e. The summed E-state index contributed by atoms with van der Waals surface area (Å²) in [6.45, 7) is 0.315. The van der Waals surface area contributed by atoms with Gasteiger partial charge in [-0.25, -0.2) is 17.5 Å². The maximum Gasteiger partial charge on any atom is 0.244 e. The van der Waals surface area contributed by atoms with Crippen molar-refractivity contribution in [1.82, 2.24) is 4.72 Å². The molecular formula is C18H22FNO3S2. The van der Waals surface area contributed by atoms with Crippen LogP contribution in [-0.4, -0.2) is 22.1 Å². The van der Waals surface area contributed by atoms with E-state index in [4.69, 9.17) is 4.74 Å². The van der Waals surface area contributed by atoms with E-state index in [1.165, 1.54) is 30.5 Å². The molecule has 1 aromatic heterocycles. The van der Waals surface area contributed by atoms with Crippen LogP contribution in [0, 0.1) is 5.82 Å². The van der Waals surface area contributed by atoms with Crippen molar-refractivity contribution in [2.45, 2.75) is 42.4 Å². The average molecular weight is 384 g/mol. The molecular weight excluding hydrogens is 361 g/mol. The highest BCUT2D eigenvalue weighted by molar-refractivity contribution is 7.89. The van der Waals surface area contributed by atoms with Gasteiger partial charge in [-0.05, 0) is 42.5 Å². The average Bonchev–Trinajstić information content (AvgIpc) is 3.16. The van der Waals surface area contributed by atoms with E-state index in [0.29, 0.717) is 6.54 Å². The van der Waals surface area contributed by atoms with Gasteiger partial charge in [-0.2, -0.15) is 0 Å². The molecule has 2 aromatic rings. The van der Waals surface area contributed by atoms with E-state index in [-0.39, 0.29) is 16.1 Å². The summed E-state index contributed by atoms with van der Waals surface area (Å²) in [5.74, 6) is -0.463. The van der Waals surface area contributed by atoms with Crippen molar-refractivity contribution < 1.29 is 17.5 Å². The molecule has 1 heterocycles. The van der Waals surface area contributed by atoms with Crippen LogP contribution in [0.25, 0.3) is 0 Å². The smallest absolute Gasteiger partial charge is 0.244 e. The lowest BCUT2D eigenvalue weighted by molar-refractivity contribution is 0.298. The van der Waals surface area contributed by atoms with Crippen molar-refractivity contribution in [2.24, 2.45) is 0 Å². The van der Waals surface area contributed by atoms with Crippen LogP contribution >= 0.6 is 11.3 Å². The van der Waals surface area contributed by atoms with Crippen LogP contribution in [0.2, 0.25) is 0 Å². The standard InChI is InChI=1S/C18H22FNO3S2/c1-23-15-8-7-14(19)12-16(15)25(21,22)20-13-18(9-3-2-4-10-18)17-6-5-11-24-17/h5-8,11-12,20H,2-4,9-10,13H2,1H3. The molecule has 0 saturated heterocycles. The van der Waals surface area contributed by atoms with Crippen molar-refractivity contribution in [2.75, 3.05) is 13.7 Å². The normalized spacial score (nSPS) is 17.4. The Bertz CT molecular complexity index is 813. The fraction of sp³-hybridized carbons (Fsp3) is 0.444. The molecule has 0 bridgehead atoms. The lowest BCUT2D eigenvalue weighted by Crippen LogP contribution is -2.41. The predicted molar refractivity (Wildman–Crippen MR) is 97.2 cm³/mol. The van der Waals surface area contributed by atoms with Crippen LogP contribution in [0.3, 0.4) is 0 Å². The Kier molecular flexibility index (Phi) is 5.46. The molecule has 0 aliphatic heterocycles. The van der Waals surface area contributed by atoms with Gasteiger partial charge in [0.2, 0.25) is 10.0 Å². The first kappa shape index (κ1) is 18.4. The topological polar surface area (TPSA) is 55.4 Å². The van der Waals surface area contributed by atoms with E-state index < -0.39 is 15.8 Å². The number of halogens is 1. The van der Waals surface area contributed by atoms with E-state index in [2.05, 4.69) is 10.8 Å². The quantitative estimate of drug-likeness (QED) is 0.818. The molecule has 0 amide bonds. The maximum atomic E-state index is 13.6. The summed E-state index contributed by atoms with van der Waals surface area (Å²) in [5, 5.41) is 2.02. The minimum absolute atomic E-state index is 0.141.